The number of ether oxygens (including phenoxy) is 2. The monoisotopic (exact) mass is 306 g/mol. The lowest BCUT2D eigenvalue weighted by Crippen LogP contribution is -2.60. The minimum Gasteiger partial charge on any atom is -0.462 e. The van der Waals surface area contributed by atoms with Crippen molar-refractivity contribution < 1.29 is 29.9 Å². The summed E-state index contributed by atoms with van der Waals surface area (Å²) in [4.78, 5) is 0. The molecule has 2 aromatic carbocycles. The van der Waals surface area contributed by atoms with Crippen LogP contribution in [-0.4, -0.2) is 57.7 Å². The van der Waals surface area contributed by atoms with E-state index in [4.69, 9.17) is 14.6 Å². The van der Waals surface area contributed by atoms with Crippen molar-refractivity contribution in [3.63, 3.8) is 0 Å². The van der Waals surface area contributed by atoms with Gasteiger partial charge in [0.1, 0.15) is 30.2 Å². The van der Waals surface area contributed by atoms with Crippen LogP contribution in [0.3, 0.4) is 0 Å². The number of aliphatic hydroxyl groups excluding tert-OH is 4. The molecule has 2 aromatic rings. The highest BCUT2D eigenvalue weighted by Gasteiger charge is 2.44. The average molecular weight is 306 g/mol. The van der Waals surface area contributed by atoms with E-state index >= 15 is 0 Å². The van der Waals surface area contributed by atoms with Crippen LogP contribution in [0.4, 0.5) is 0 Å². The maximum Gasteiger partial charge on any atom is 0.229 e. The lowest BCUT2D eigenvalue weighted by Gasteiger charge is -2.39. The van der Waals surface area contributed by atoms with Gasteiger partial charge in [0.2, 0.25) is 6.29 Å². The molecule has 1 heterocycles. The van der Waals surface area contributed by atoms with Crippen LogP contribution in [0, 0.1) is 0 Å². The lowest BCUT2D eigenvalue weighted by atomic mass is 9.99. The Hall–Kier alpha value is -1.70. The first-order valence-corrected chi connectivity index (χ1v) is 7.06. The number of hydrogen-bond donors (Lipinski definition) is 4. The molecule has 6 nitrogen and oxygen atoms in total. The van der Waals surface area contributed by atoms with Crippen molar-refractivity contribution in [2.75, 3.05) is 6.61 Å². The van der Waals surface area contributed by atoms with Crippen molar-refractivity contribution >= 4 is 10.8 Å². The lowest BCUT2D eigenvalue weighted by molar-refractivity contribution is -0.277. The molecule has 0 radical (unpaired) electrons. The Morgan fingerprint density at radius 2 is 1.64 bits per heavy atom. The Kier molecular flexibility index (Phi) is 4.28. The summed E-state index contributed by atoms with van der Waals surface area (Å²) in [5.74, 6) is 0.461. The maximum atomic E-state index is 9.95. The quantitative estimate of drug-likeness (QED) is 0.638. The largest absolute Gasteiger partial charge is 0.462 e. The van der Waals surface area contributed by atoms with Gasteiger partial charge in [-0.25, -0.2) is 0 Å². The van der Waals surface area contributed by atoms with Gasteiger partial charge in [-0.05, 0) is 22.9 Å². The molecule has 0 bridgehead atoms. The smallest absolute Gasteiger partial charge is 0.229 e. The summed E-state index contributed by atoms with van der Waals surface area (Å²) in [5.41, 5.74) is 0. The highest BCUT2D eigenvalue weighted by atomic mass is 16.7. The van der Waals surface area contributed by atoms with Crippen LogP contribution in [0.5, 0.6) is 5.75 Å². The zero-order chi connectivity index (χ0) is 15.7. The summed E-state index contributed by atoms with van der Waals surface area (Å²) in [6, 6.07) is 13.1. The Morgan fingerprint density at radius 3 is 2.36 bits per heavy atom. The fourth-order valence-electron chi connectivity index (χ4n) is 2.54. The second-order valence-electron chi connectivity index (χ2n) is 5.32. The average Bonchev–Trinajstić information content (AvgIpc) is 2.55. The summed E-state index contributed by atoms with van der Waals surface area (Å²) in [6.45, 7) is -0.484. The molecular formula is C16H18O6. The van der Waals surface area contributed by atoms with Crippen molar-refractivity contribution in [3.05, 3.63) is 42.5 Å². The van der Waals surface area contributed by atoms with Crippen molar-refractivity contribution in [2.24, 2.45) is 0 Å². The third-order valence-corrected chi connectivity index (χ3v) is 3.82. The Morgan fingerprint density at radius 1 is 0.909 bits per heavy atom. The van der Waals surface area contributed by atoms with Gasteiger partial charge in [-0.1, -0.05) is 30.3 Å². The van der Waals surface area contributed by atoms with Crippen molar-refractivity contribution in [1.29, 1.82) is 0 Å². The minimum absolute atomic E-state index is 0.461. The van der Waals surface area contributed by atoms with Crippen LogP contribution < -0.4 is 4.74 Å². The van der Waals surface area contributed by atoms with E-state index in [1.54, 1.807) is 12.1 Å². The number of hydrogen-bond acceptors (Lipinski definition) is 6. The number of rotatable bonds is 3. The normalized spacial score (nSPS) is 32.1. The van der Waals surface area contributed by atoms with Crippen LogP contribution in [0.15, 0.2) is 42.5 Å². The summed E-state index contributed by atoms with van der Waals surface area (Å²) in [7, 11) is 0. The zero-order valence-corrected chi connectivity index (χ0v) is 11.7. The van der Waals surface area contributed by atoms with Crippen molar-refractivity contribution in [1.82, 2.24) is 0 Å². The van der Waals surface area contributed by atoms with Gasteiger partial charge in [-0.2, -0.15) is 0 Å². The second-order valence-corrected chi connectivity index (χ2v) is 5.32. The Labute approximate surface area is 127 Å². The van der Waals surface area contributed by atoms with Crippen LogP contribution in [0.25, 0.3) is 10.8 Å². The first kappa shape index (κ1) is 15.2. The van der Waals surface area contributed by atoms with E-state index in [2.05, 4.69) is 0 Å². The second kappa shape index (κ2) is 6.20. The number of aliphatic hydroxyl groups is 4. The molecule has 1 aliphatic rings. The van der Waals surface area contributed by atoms with Crippen molar-refractivity contribution in [3.8, 4) is 5.75 Å². The van der Waals surface area contributed by atoms with Gasteiger partial charge in [0.05, 0.1) is 6.61 Å². The first-order chi connectivity index (χ1) is 10.6. The van der Waals surface area contributed by atoms with E-state index in [1.165, 1.54) is 0 Å². The molecule has 22 heavy (non-hydrogen) atoms. The van der Waals surface area contributed by atoms with E-state index in [0.717, 1.165) is 10.8 Å². The third kappa shape index (κ3) is 2.79. The standard InChI is InChI=1S/C16H18O6/c17-8-12-13(18)14(19)15(20)16(22-12)21-11-6-5-9-3-1-2-4-10(9)7-11/h1-7,12-20H,8H2/t12-,13-,14+,15-,16+/m0/s1. The molecule has 1 saturated heterocycles. The Bertz CT molecular complexity index is 643. The summed E-state index contributed by atoms with van der Waals surface area (Å²) < 4.78 is 10.9. The van der Waals surface area contributed by atoms with Gasteiger partial charge in [-0.15, -0.1) is 0 Å². The SMILES string of the molecule is OC[C@@H]1O[C@@H](Oc2ccc3ccccc3c2)[C@@H](O)[C@H](O)[C@H]1O. The fraction of sp³-hybridized carbons (Fsp3) is 0.375. The molecule has 0 amide bonds. The number of benzene rings is 2. The Balaban J connectivity index is 1.80. The predicted octanol–water partition coefficient (Wildman–Crippen LogP) is 0.0185. The molecule has 0 aliphatic carbocycles. The highest BCUT2D eigenvalue weighted by molar-refractivity contribution is 5.83. The van der Waals surface area contributed by atoms with E-state index in [9.17, 15) is 15.3 Å². The van der Waals surface area contributed by atoms with Gasteiger partial charge in [0, 0.05) is 0 Å². The summed E-state index contributed by atoms with van der Waals surface area (Å²) in [6.07, 6.45) is -6.40. The molecule has 0 saturated carbocycles. The summed E-state index contributed by atoms with van der Waals surface area (Å²) in [5, 5.41) is 40.6. The predicted molar refractivity (Wildman–Crippen MR) is 78.3 cm³/mol. The molecule has 0 aromatic heterocycles. The third-order valence-electron chi connectivity index (χ3n) is 3.82. The molecular weight excluding hydrogens is 288 g/mol. The van der Waals surface area contributed by atoms with E-state index in [-0.39, 0.29) is 0 Å². The fourth-order valence-corrected chi connectivity index (χ4v) is 2.54. The van der Waals surface area contributed by atoms with Crippen LogP contribution in [0.2, 0.25) is 0 Å². The van der Waals surface area contributed by atoms with E-state index in [1.807, 2.05) is 30.3 Å². The zero-order valence-electron chi connectivity index (χ0n) is 11.7. The molecule has 6 heteroatoms. The summed E-state index contributed by atoms with van der Waals surface area (Å²) >= 11 is 0. The van der Waals surface area contributed by atoms with Gasteiger partial charge in [0.15, 0.2) is 0 Å². The molecule has 0 spiro atoms. The van der Waals surface area contributed by atoms with E-state index < -0.39 is 37.3 Å². The molecule has 1 aliphatic heterocycles. The highest BCUT2D eigenvalue weighted by Crippen LogP contribution is 2.26. The van der Waals surface area contributed by atoms with Gasteiger partial charge < -0.3 is 29.9 Å². The molecule has 0 unspecified atom stereocenters. The minimum atomic E-state index is -1.45. The molecule has 1 fully saturated rings. The van der Waals surface area contributed by atoms with Crippen LogP contribution in [0.1, 0.15) is 0 Å². The van der Waals surface area contributed by atoms with E-state index in [0.29, 0.717) is 5.75 Å². The van der Waals surface area contributed by atoms with Gasteiger partial charge in [0.25, 0.3) is 0 Å². The maximum absolute atomic E-state index is 9.95. The van der Waals surface area contributed by atoms with Gasteiger partial charge >= 0.3 is 0 Å². The molecule has 5 atom stereocenters. The topological polar surface area (TPSA) is 99.4 Å². The number of fused-ring (bicyclic) bond motifs is 1. The first-order valence-electron chi connectivity index (χ1n) is 7.06. The molecule has 3 rings (SSSR count). The van der Waals surface area contributed by atoms with Crippen LogP contribution >= 0.6 is 0 Å². The molecule has 118 valence electrons. The van der Waals surface area contributed by atoms with Gasteiger partial charge in [-0.3, -0.25) is 0 Å². The van der Waals surface area contributed by atoms with Crippen molar-refractivity contribution in [2.45, 2.75) is 30.7 Å². The molecule has 4 N–H and O–H groups in total. The van der Waals surface area contributed by atoms with Crippen LogP contribution in [-0.2, 0) is 4.74 Å².